The number of hydrogen-bond acceptors (Lipinski definition) is 7. The fraction of sp³-hybridized carbons (Fsp3) is 0.152. The van der Waals surface area contributed by atoms with Gasteiger partial charge < -0.3 is 29.1 Å². The van der Waals surface area contributed by atoms with Crippen LogP contribution in [-0.4, -0.2) is 41.6 Å². The third-order valence-electron chi connectivity index (χ3n) is 22.0. The van der Waals surface area contributed by atoms with Gasteiger partial charge in [-0.15, -0.1) is 0 Å². The van der Waals surface area contributed by atoms with E-state index < -0.39 is 11.4 Å². The lowest BCUT2D eigenvalue weighted by molar-refractivity contribution is 0.185. The van der Waals surface area contributed by atoms with E-state index in [1.54, 1.807) is 0 Å². The Hall–Kier alpha value is -10.7. The van der Waals surface area contributed by atoms with Crippen LogP contribution in [0.4, 0.5) is 68.2 Å². The van der Waals surface area contributed by atoms with Gasteiger partial charge in [-0.3, -0.25) is 4.90 Å². The Morgan fingerprint density at radius 3 is 1.27 bits per heavy atom. The van der Waals surface area contributed by atoms with Gasteiger partial charge in [0.1, 0.15) is 23.0 Å². The normalized spacial score (nSPS) is 13.0. The number of nitrogens with zero attached hydrogens (tertiary/aromatic N) is 5. The standard InChI is InChI=1S/C46H38N2O.C45H33BN2O.C8H19N.Al.3ClH/c1-33-44(48(36-21-12-6-13-22-36)37-23-14-7-15-24-37)25-16-26-45(33)49-39-28-30-42-41(32-39)40-29-27-38(31-43(40)46(42,2)3)47(34-17-8-4-9-18-34)35-19-10-5-11-20-35;1-45(2)36-27-33(47(30-15-6-3-7-16-30)31-17-8-4-9-18-31)25-26-34(36)35-28-43-39(29-37(35)45)46-38-21-12-13-22-40(38)48(32-19-10-5-11-20-32)41-23-14-24-42(49-43)44(41)46;1-6-9(7(2)3)8(4)5;;;;/h4-32H,1-3H3;3-29H,1-2H3;7-8H,6H2,1-5H3;;3*1H/q;;;+3;;;/p-3. The first-order valence-electron chi connectivity index (χ1n) is 38.4. The lowest BCUT2D eigenvalue weighted by atomic mass is 9.34. The molecule has 0 radical (unpaired) electrons. The second kappa shape index (κ2) is 32.7. The average Bonchev–Trinajstić information content (AvgIpc) is 1.65. The summed E-state index contributed by atoms with van der Waals surface area (Å²) in [6.45, 7) is 23.9. The number of anilines is 12. The zero-order valence-electron chi connectivity index (χ0n) is 64.5. The predicted molar refractivity (Wildman–Crippen MR) is 475 cm³/mol. The van der Waals surface area contributed by atoms with Gasteiger partial charge in [-0.1, -0.05) is 217 Å². The minimum Gasteiger partial charge on any atom is -0.458 e. The molecule has 0 aromatic heterocycles. The number of para-hydroxylation sites is 8. The van der Waals surface area contributed by atoms with Gasteiger partial charge in [0, 0.05) is 91.0 Å². The van der Waals surface area contributed by atoms with Gasteiger partial charge in [-0.25, -0.2) is 30.1 Å². The Kier molecular flexibility index (Phi) is 22.3. The van der Waals surface area contributed by atoms with E-state index in [-0.39, 0.29) is 17.5 Å². The Balaban J connectivity index is 0.000000152. The zero-order chi connectivity index (χ0) is 77.1. The molecule has 0 fully saturated rings. The minimum atomic E-state index is -1.72. The molecular weight excluding hydrogens is 1440 g/mol. The molecule has 0 amide bonds. The maximum absolute atomic E-state index is 6.87. The van der Waals surface area contributed by atoms with Crippen LogP contribution >= 0.6 is 30.1 Å². The van der Waals surface area contributed by atoms with Crippen molar-refractivity contribution in [2.45, 2.75) is 92.2 Å². The quantitative estimate of drug-likeness (QED) is 0.0946. The summed E-state index contributed by atoms with van der Waals surface area (Å²) in [7, 11) is 14.8. The summed E-state index contributed by atoms with van der Waals surface area (Å²) in [4.78, 5) is 11.8. The van der Waals surface area contributed by atoms with E-state index >= 15 is 0 Å². The molecule has 0 N–H and O–H groups in total. The van der Waals surface area contributed by atoms with E-state index in [4.69, 9.17) is 39.6 Å². The first-order chi connectivity index (χ1) is 53.9. The molecule has 14 aromatic rings. The summed E-state index contributed by atoms with van der Waals surface area (Å²) in [6, 6.07) is 122. The summed E-state index contributed by atoms with van der Waals surface area (Å²) < 4.78 is 13.6. The number of hydrogen-bond donors (Lipinski definition) is 0. The number of benzene rings is 14. The summed E-state index contributed by atoms with van der Waals surface area (Å²) in [5.74, 6) is 3.54. The number of fused-ring (bicyclic) bond motifs is 10. The van der Waals surface area contributed by atoms with Gasteiger partial charge in [0.15, 0.2) is 0 Å². The van der Waals surface area contributed by atoms with E-state index in [0.717, 1.165) is 92.0 Å². The fourth-order valence-corrected chi connectivity index (χ4v) is 17.0. The van der Waals surface area contributed by atoms with Gasteiger partial charge in [0.05, 0.1) is 5.69 Å². The van der Waals surface area contributed by atoms with Crippen LogP contribution in [0.25, 0.3) is 22.3 Å². The van der Waals surface area contributed by atoms with Gasteiger partial charge in [0.2, 0.25) is 0 Å². The van der Waals surface area contributed by atoms with E-state index in [9.17, 15) is 0 Å². The SMILES string of the molecule is CC1(C)c2cc(N(c3ccccc3)c3ccccc3)ccc2-c2cc3c(cc21)B1c2ccccc2N(c2ccccc2)c2cccc(c21)O3.CCN(C(C)C)C(C)C.Cc1c(Oc2ccc3c(c2)-c2ccc(N(c4ccccc4)c4ccccc4)cc2C3(C)C)cccc1N(c1ccccc1)c1ccccc1.[Cl][Al]([Cl])[Cl]. The van der Waals surface area contributed by atoms with E-state index in [1.165, 1.54) is 72.3 Å². The first kappa shape index (κ1) is 75.7. The lowest BCUT2D eigenvalue weighted by Crippen LogP contribution is -2.59. The molecule has 2 heterocycles. The highest BCUT2D eigenvalue weighted by Gasteiger charge is 2.45. The molecule has 2 aliphatic heterocycles. The summed E-state index contributed by atoms with van der Waals surface area (Å²) in [5.41, 5.74) is 28.4. The Labute approximate surface area is 673 Å². The average molecular weight is 1530 g/mol. The van der Waals surface area contributed by atoms with Crippen LogP contribution < -0.4 is 45.5 Å². The van der Waals surface area contributed by atoms with Crippen molar-refractivity contribution >= 4 is 133 Å². The highest BCUT2D eigenvalue weighted by atomic mass is 35.8. The molecule has 0 atom stereocenters. The van der Waals surface area contributed by atoms with Gasteiger partial charge in [0.25, 0.3) is 6.71 Å². The molecule has 2 aliphatic carbocycles. The third-order valence-corrected chi connectivity index (χ3v) is 22.0. The van der Waals surface area contributed by atoms with Gasteiger partial charge in [-0.2, -0.15) is 0 Å². The Morgan fingerprint density at radius 2 is 0.802 bits per heavy atom. The van der Waals surface area contributed by atoms with Crippen LogP contribution in [0.2, 0.25) is 0 Å². The highest BCUT2D eigenvalue weighted by Crippen LogP contribution is 2.55. The molecular formula is C99H90AlBCl3N5O2. The van der Waals surface area contributed by atoms with Crippen LogP contribution in [0.15, 0.2) is 340 Å². The van der Waals surface area contributed by atoms with Crippen molar-refractivity contribution in [3.63, 3.8) is 0 Å². The summed E-state index contributed by atoms with van der Waals surface area (Å²) in [6.07, 6.45) is 0. The topological polar surface area (TPSA) is 34.7 Å². The molecule has 0 saturated carbocycles. The molecule has 111 heavy (non-hydrogen) atoms. The number of halogens is 3. The van der Waals surface area contributed by atoms with Crippen molar-refractivity contribution in [1.29, 1.82) is 0 Å². The number of ether oxygens (including phenoxy) is 2. The molecule has 0 bridgehead atoms. The second-order valence-electron chi connectivity index (χ2n) is 30.1. The number of rotatable bonds is 15. The first-order valence-corrected chi connectivity index (χ1v) is 43.7. The summed E-state index contributed by atoms with van der Waals surface area (Å²) >= 11 is -1.72. The molecule has 0 saturated heterocycles. The van der Waals surface area contributed by atoms with Crippen molar-refractivity contribution in [3.05, 3.63) is 368 Å². The minimum absolute atomic E-state index is 0.0677. The maximum Gasteiger partial charge on any atom is 0.643 e. The fourth-order valence-electron chi connectivity index (χ4n) is 17.0. The molecule has 14 aromatic carbocycles. The lowest BCUT2D eigenvalue weighted by Gasteiger charge is -2.40. The molecule has 0 spiro atoms. The molecule has 18 rings (SSSR count). The van der Waals surface area contributed by atoms with Crippen LogP contribution in [-0.2, 0) is 10.8 Å². The van der Waals surface area contributed by atoms with Crippen molar-refractivity contribution in [3.8, 4) is 45.3 Å². The zero-order valence-corrected chi connectivity index (χ0v) is 68.0. The monoisotopic (exact) mass is 1520 g/mol. The highest BCUT2D eigenvalue weighted by molar-refractivity contribution is 7.54. The molecule has 12 heteroatoms. The molecule has 0 unspecified atom stereocenters. The van der Waals surface area contributed by atoms with Gasteiger partial charge in [-0.05, 0) is 260 Å². The predicted octanol–water partition coefficient (Wildman–Crippen LogP) is 26.7. The molecule has 7 nitrogen and oxygen atoms in total. The van der Waals surface area contributed by atoms with Gasteiger partial charge >= 0.3 is 11.4 Å². The molecule has 550 valence electrons. The van der Waals surface area contributed by atoms with Crippen LogP contribution in [0, 0.1) is 6.92 Å². The largest absolute Gasteiger partial charge is 0.643 e. The van der Waals surface area contributed by atoms with Crippen molar-refractivity contribution < 1.29 is 9.47 Å². The Bertz CT molecular complexity index is 5460. The van der Waals surface area contributed by atoms with E-state index in [0.29, 0.717) is 12.1 Å². The van der Waals surface area contributed by atoms with Crippen molar-refractivity contribution in [2.24, 2.45) is 0 Å². The Morgan fingerprint density at radius 1 is 0.387 bits per heavy atom. The van der Waals surface area contributed by atoms with Crippen LogP contribution in [0.1, 0.15) is 90.1 Å². The van der Waals surface area contributed by atoms with Crippen LogP contribution in [0.5, 0.6) is 23.0 Å². The second-order valence-corrected chi connectivity index (χ2v) is 36.5. The molecule has 4 aliphatic rings. The third kappa shape index (κ3) is 15.1. The van der Waals surface area contributed by atoms with Crippen molar-refractivity contribution in [2.75, 3.05) is 26.1 Å². The van der Waals surface area contributed by atoms with E-state index in [1.807, 2.05) is 0 Å². The van der Waals surface area contributed by atoms with E-state index in [2.05, 4.69) is 433 Å². The smallest absolute Gasteiger partial charge is 0.458 e. The van der Waals surface area contributed by atoms with Crippen molar-refractivity contribution in [1.82, 2.24) is 4.90 Å². The maximum atomic E-state index is 6.87. The van der Waals surface area contributed by atoms with Crippen LogP contribution in [0.3, 0.4) is 0 Å². The summed E-state index contributed by atoms with van der Waals surface area (Å²) in [5, 5.41) is 0.